The van der Waals surface area contributed by atoms with Gasteiger partial charge in [0.05, 0.1) is 30.5 Å². The number of esters is 1. The Bertz CT molecular complexity index is 1480. The fraction of sp³-hybridized carbons (Fsp3) is 0.914. The van der Waals surface area contributed by atoms with E-state index in [1.54, 1.807) is 0 Å². The Morgan fingerprint density at radius 2 is 1.58 bits per heavy atom. The molecule has 0 bridgehead atoms. The van der Waals surface area contributed by atoms with Crippen molar-refractivity contribution < 1.29 is 56.2 Å². The highest BCUT2D eigenvalue weighted by atomic mass is 32.3. The number of rotatable bonds is 5. The van der Waals surface area contributed by atoms with Gasteiger partial charge < -0.3 is 34.3 Å². The zero-order chi connectivity index (χ0) is 35.0. The van der Waals surface area contributed by atoms with Crippen LogP contribution in [-0.2, 0) is 38.3 Å². The van der Waals surface area contributed by atoms with E-state index in [-0.39, 0.29) is 46.9 Å². The smallest absolute Gasteiger partial charge is 0.397 e. The van der Waals surface area contributed by atoms with E-state index in [0.717, 1.165) is 44.9 Å². The van der Waals surface area contributed by atoms with Crippen molar-refractivity contribution in [3.05, 3.63) is 11.6 Å². The van der Waals surface area contributed by atoms with Gasteiger partial charge in [0.1, 0.15) is 29.3 Å². The molecule has 4 N–H and O–H groups in total. The highest BCUT2D eigenvalue weighted by molar-refractivity contribution is 7.80. The van der Waals surface area contributed by atoms with Crippen molar-refractivity contribution in [1.82, 2.24) is 0 Å². The molecule has 7 rings (SSSR count). The number of fused-ring (bicyclic) bond motifs is 4. The topological polar surface area (TPSA) is 178 Å². The Kier molecular flexibility index (Phi) is 8.03. The van der Waals surface area contributed by atoms with Crippen LogP contribution in [0.4, 0.5) is 0 Å². The van der Waals surface area contributed by atoms with E-state index < -0.39 is 69.6 Å². The van der Waals surface area contributed by atoms with Gasteiger partial charge in [0.2, 0.25) is 0 Å². The average Bonchev–Trinajstić information content (AvgIpc) is 3.59. The summed E-state index contributed by atoms with van der Waals surface area (Å²) in [5.74, 6) is -0.188. The zero-order valence-electron chi connectivity index (χ0n) is 29.2. The highest BCUT2D eigenvalue weighted by Gasteiger charge is 2.80. The van der Waals surface area contributed by atoms with Crippen molar-refractivity contribution in [3.8, 4) is 0 Å². The molecule has 4 aliphatic carbocycles. The number of carbonyl (C=O) groups excluding carboxylic acids is 1. The average molecular weight is 699 g/mol. The van der Waals surface area contributed by atoms with E-state index in [4.69, 9.17) is 23.5 Å². The lowest BCUT2D eigenvalue weighted by molar-refractivity contribution is -0.299. The number of carbonyl (C=O) groups is 1. The minimum atomic E-state index is -4.86. The number of allylic oxidation sites excluding steroid dienone is 1. The third-order valence-electron chi connectivity index (χ3n) is 14.7. The molecule has 3 saturated heterocycles. The van der Waals surface area contributed by atoms with Crippen LogP contribution in [0.15, 0.2) is 11.6 Å². The Balaban J connectivity index is 1.14. The van der Waals surface area contributed by atoms with Gasteiger partial charge in [-0.25, -0.2) is 4.18 Å². The molecule has 7 aliphatic rings. The van der Waals surface area contributed by atoms with Crippen LogP contribution >= 0.6 is 0 Å². The van der Waals surface area contributed by atoms with E-state index >= 15 is 0 Å². The summed E-state index contributed by atoms with van der Waals surface area (Å²) in [5, 5.41) is 33.6. The largest absolute Gasteiger partial charge is 0.456 e. The molecule has 13 heteroatoms. The van der Waals surface area contributed by atoms with Gasteiger partial charge in [-0.15, -0.1) is 0 Å². The second kappa shape index (κ2) is 10.9. The molecule has 0 aromatic rings. The predicted molar refractivity (Wildman–Crippen MR) is 170 cm³/mol. The third-order valence-corrected chi connectivity index (χ3v) is 15.1. The summed E-state index contributed by atoms with van der Waals surface area (Å²) in [6.45, 7) is 14.6. The summed E-state index contributed by atoms with van der Waals surface area (Å²) in [5.41, 5.74) is -2.05. The summed E-state index contributed by atoms with van der Waals surface area (Å²) in [6.07, 6.45) is 0.982. The van der Waals surface area contributed by atoms with Crippen molar-refractivity contribution in [2.75, 3.05) is 6.61 Å². The van der Waals surface area contributed by atoms with E-state index in [1.807, 2.05) is 13.0 Å². The fourth-order valence-corrected chi connectivity index (χ4v) is 12.8. The first-order chi connectivity index (χ1) is 22.1. The number of aliphatic hydroxyl groups excluding tert-OH is 3. The van der Waals surface area contributed by atoms with E-state index in [1.165, 1.54) is 5.57 Å². The van der Waals surface area contributed by atoms with Gasteiger partial charge in [-0.1, -0.05) is 39.3 Å². The molecule has 0 aromatic carbocycles. The Hall–Kier alpha value is -1.16. The minimum absolute atomic E-state index is 0.106. The standard InChI is InChI=1S/C35H54O12S/c1-30(2)13-11-25(45-30)34(7)22-10-15-33(6)18-8-9-21-31(3,4)24(44-28-27(38)26(37)20(17-43-28)47-48(40,41)42)12-14-32(21,5)19(18)16-23(36)35(22,33)29(39)46-34/h16,18,20-28,36-38H,8-15,17H2,1-7H3,(H,40,41,42)/t18-,20-,21+,22-,23+,24+,25+,26+,27-,28+,32-,33+,34-,35+/m1/s1. The monoisotopic (exact) mass is 698 g/mol. The zero-order valence-corrected chi connectivity index (χ0v) is 30.0. The Morgan fingerprint density at radius 1 is 0.875 bits per heavy atom. The predicted octanol–water partition coefficient (Wildman–Crippen LogP) is 3.47. The lowest BCUT2D eigenvalue weighted by Gasteiger charge is -2.64. The van der Waals surface area contributed by atoms with Crippen molar-refractivity contribution in [2.45, 2.75) is 154 Å². The molecule has 0 amide bonds. The first kappa shape index (κ1) is 35.3. The molecular formula is C35H54O12S. The van der Waals surface area contributed by atoms with Gasteiger partial charge >= 0.3 is 16.4 Å². The van der Waals surface area contributed by atoms with Crippen molar-refractivity contribution in [1.29, 1.82) is 0 Å². The summed E-state index contributed by atoms with van der Waals surface area (Å²) < 4.78 is 60.7. The number of hydrogen-bond donors (Lipinski definition) is 4. The van der Waals surface area contributed by atoms with Crippen LogP contribution in [0.1, 0.15) is 99.8 Å². The third kappa shape index (κ3) is 4.74. The molecule has 0 unspecified atom stereocenters. The van der Waals surface area contributed by atoms with Gasteiger partial charge in [0.25, 0.3) is 0 Å². The number of cyclic esters (lactones) is 1. The number of hydrogen-bond acceptors (Lipinski definition) is 11. The van der Waals surface area contributed by atoms with Crippen LogP contribution in [0.2, 0.25) is 0 Å². The van der Waals surface area contributed by atoms with Gasteiger partial charge in [-0.2, -0.15) is 8.42 Å². The van der Waals surface area contributed by atoms with E-state index in [2.05, 4.69) is 45.7 Å². The first-order valence-electron chi connectivity index (χ1n) is 17.7. The normalized spacial score (nSPS) is 52.5. The molecule has 12 nitrogen and oxygen atoms in total. The van der Waals surface area contributed by atoms with Gasteiger partial charge in [-0.3, -0.25) is 9.35 Å². The van der Waals surface area contributed by atoms with Crippen LogP contribution in [0.25, 0.3) is 0 Å². The molecule has 3 saturated carbocycles. The lowest BCUT2D eigenvalue weighted by atomic mass is 9.40. The number of aliphatic hydroxyl groups is 3. The van der Waals surface area contributed by atoms with Crippen LogP contribution in [0.3, 0.4) is 0 Å². The summed E-state index contributed by atoms with van der Waals surface area (Å²) in [4.78, 5) is 14.3. The van der Waals surface area contributed by atoms with Gasteiger partial charge in [-0.05, 0) is 100 Å². The van der Waals surface area contributed by atoms with Crippen LogP contribution in [0.5, 0.6) is 0 Å². The molecular weight excluding hydrogens is 644 g/mol. The molecule has 0 radical (unpaired) electrons. The fourth-order valence-electron chi connectivity index (χ4n) is 12.3. The summed E-state index contributed by atoms with van der Waals surface area (Å²) in [6, 6.07) is 0. The van der Waals surface area contributed by atoms with E-state index in [9.17, 15) is 28.5 Å². The lowest BCUT2D eigenvalue weighted by Crippen LogP contribution is -2.63. The van der Waals surface area contributed by atoms with Crippen molar-refractivity contribution >= 4 is 16.4 Å². The summed E-state index contributed by atoms with van der Waals surface area (Å²) >= 11 is 0. The molecule has 14 atom stereocenters. The Morgan fingerprint density at radius 3 is 2.23 bits per heavy atom. The summed E-state index contributed by atoms with van der Waals surface area (Å²) in [7, 11) is -4.86. The number of ether oxygens (including phenoxy) is 4. The van der Waals surface area contributed by atoms with Crippen molar-refractivity contribution in [3.63, 3.8) is 0 Å². The van der Waals surface area contributed by atoms with Gasteiger partial charge in [0.15, 0.2) is 6.29 Å². The highest BCUT2D eigenvalue weighted by Crippen LogP contribution is 2.76. The molecule has 1 spiro atoms. The molecule has 3 aliphatic heterocycles. The van der Waals surface area contributed by atoms with Crippen molar-refractivity contribution in [2.24, 2.45) is 39.4 Å². The molecule has 272 valence electrons. The SMILES string of the molecule is CC1(C)CC[C@@H]([C@]2(C)OC(=O)[C@@]34[C@@H]2CC[C@@]3(C)[C@@H]2CC[C@H]3C(C)(C)[C@@H](O[C@@H]5OC[C@@H](OS(=O)(=O)O)[C@H](O)[C@H]5O)CC[C@]3(C)C2=C[C@@H]4O)O1. The second-order valence-electron chi connectivity index (χ2n) is 17.8. The van der Waals surface area contributed by atoms with Gasteiger partial charge in [0, 0.05) is 5.92 Å². The maximum atomic E-state index is 14.3. The first-order valence-corrected chi connectivity index (χ1v) is 19.1. The quantitative estimate of drug-likeness (QED) is 0.143. The van der Waals surface area contributed by atoms with Crippen LogP contribution in [-0.4, -0.2) is 95.0 Å². The second-order valence-corrected chi connectivity index (χ2v) is 18.8. The molecule has 48 heavy (non-hydrogen) atoms. The molecule has 0 aromatic heterocycles. The maximum absolute atomic E-state index is 14.3. The maximum Gasteiger partial charge on any atom is 0.397 e. The molecule has 6 fully saturated rings. The van der Waals surface area contributed by atoms with E-state index in [0.29, 0.717) is 6.42 Å². The van der Waals surface area contributed by atoms with Crippen LogP contribution in [0, 0.1) is 39.4 Å². The molecule has 3 heterocycles. The van der Waals surface area contributed by atoms with Crippen LogP contribution < -0.4 is 0 Å². The minimum Gasteiger partial charge on any atom is -0.456 e. The Labute approximate surface area is 283 Å².